The molecule has 0 radical (unpaired) electrons. The Morgan fingerprint density at radius 3 is 2.37 bits per heavy atom. The summed E-state index contributed by atoms with van der Waals surface area (Å²) in [6, 6.07) is 5.99. The van der Waals surface area contributed by atoms with Gasteiger partial charge in [0.1, 0.15) is 0 Å². The first kappa shape index (κ1) is 33.9. The Morgan fingerprint density at radius 1 is 1.02 bits per heavy atom. The molecule has 0 aliphatic carbocycles. The molecular formula is C32H34ClF3N10O3. The molecule has 3 aromatic heterocycles. The molecule has 258 valence electrons. The molecule has 0 saturated carbocycles. The van der Waals surface area contributed by atoms with Crippen molar-refractivity contribution in [3.63, 3.8) is 0 Å². The van der Waals surface area contributed by atoms with Crippen LogP contribution in [0.15, 0.2) is 42.9 Å². The molecule has 2 aliphatic heterocycles. The maximum Gasteiger partial charge on any atom is 0.435 e. The zero-order valence-corrected chi connectivity index (χ0v) is 27.5. The summed E-state index contributed by atoms with van der Waals surface area (Å²) < 4.78 is 44.5. The van der Waals surface area contributed by atoms with Crippen molar-refractivity contribution in [1.82, 2.24) is 39.4 Å². The van der Waals surface area contributed by atoms with Crippen LogP contribution in [0.25, 0.3) is 17.1 Å². The van der Waals surface area contributed by atoms with Crippen LogP contribution in [0.2, 0.25) is 5.02 Å². The van der Waals surface area contributed by atoms with Crippen molar-refractivity contribution in [2.45, 2.75) is 25.9 Å². The summed E-state index contributed by atoms with van der Waals surface area (Å²) in [5, 5.41) is 9.76. The monoisotopic (exact) mass is 698 g/mol. The second-order valence-corrected chi connectivity index (χ2v) is 12.5. The van der Waals surface area contributed by atoms with Gasteiger partial charge in [0, 0.05) is 51.0 Å². The van der Waals surface area contributed by atoms with Crippen molar-refractivity contribution in [1.29, 1.82) is 0 Å². The third kappa shape index (κ3) is 6.96. The zero-order valence-electron chi connectivity index (χ0n) is 26.7. The molecule has 0 unspecified atom stereocenters. The average molecular weight is 699 g/mol. The van der Waals surface area contributed by atoms with Crippen molar-refractivity contribution in [3.05, 3.63) is 70.5 Å². The number of anilines is 2. The Kier molecular flexibility index (Phi) is 9.35. The number of pyridine rings is 1. The number of rotatable bonds is 6. The number of carbonyl (C=O) groups excluding carboxylic acids is 3. The molecule has 0 bridgehead atoms. The van der Waals surface area contributed by atoms with Gasteiger partial charge in [-0.1, -0.05) is 11.6 Å². The second-order valence-electron chi connectivity index (χ2n) is 12.1. The topological polar surface area (TPSA) is 156 Å². The Hall–Kier alpha value is -4.96. The standard InChI is InChI=1S/C32H34ClF3N10O3/c1-18-13-20(37)15-39-27(18)46-17-23(26(42-46)32(34,35)36)25-16-40-28(43(25)2)29(47)41-21-3-4-22(24(33)14-21)31(49)45-11-9-44(10-12-45)30(48)19-5-7-38-8-6-19/h3-4,13-17,19,38H,5-12,37H2,1-2H3,(H,41,47). The fraction of sp³-hybridized carbons (Fsp3) is 0.375. The number of hydrogen-bond acceptors (Lipinski definition) is 8. The largest absolute Gasteiger partial charge is 0.435 e. The highest BCUT2D eigenvalue weighted by atomic mass is 35.5. The lowest BCUT2D eigenvalue weighted by Gasteiger charge is -2.37. The molecule has 5 heterocycles. The van der Waals surface area contributed by atoms with Crippen LogP contribution < -0.4 is 16.4 Å². The summed E-state index contributed by atoms with van der Waals surface area (Å²) in [5.74, 6) is -0.878. The zero-order chi connectivity index (χ0) is 35.0. The molecule has 49 heavy (non-hydrogen) atoms. The first-order valence-corrected chi connectivity index (χ1v) is 16.0. The van der Waals surface area contributed by atoms with Crippen molar-refractivity contribution in [2.24, 2.45) is 13.0 Å². The van der Waals surface area contributed by atoms with Crippen molar-refractivity contribution in [2.75, 3.05) is 50.3 Å². The van der Waals surface area contributed by atoms with Gasteiger partial charge in [0.15, 0.2) is 17.3 Å². The van der Waals surface area contributed by atoms with Gasteiger partial charge in [0.25, 0.3) is 11.8 Å². The molecule has 0 spiro atoms. The summed E-state index contributed by atoms with van der Waals surface area (Å²) in [6.45, 7) is 4.92. The lowest BCUT2D eigenvalue weighted by atomic mass is 9.96. The van der Waals surface area contributed by atoms with Crippen LogP contribution in [0.1, 0.15) is 45.1 Å². The third-order valence-corrected chi connectivity index (χ3v) is 9.08. The first-order valence-electron chi connectivity index (χ1n) is 15.6. The molecule has 4 N–H and O–H groups in total. The number of aromatic nitrogens is 5. The third-order valence-electron chi connectivity index (χ3n) is 8.76. The van der Waals surface area contributed by atoms with Crippen molar-refractivity contribution >= 4 is 40.7 Å². The lowest BCUT2D eigenvalue weighted by Crippen LogP contribution is -2.52. The normalized spacial score (nSPS) is 15.8. The molecular weight excluding hydrogens is 665 g/mol. The van der Waals surface area contributed by atoms with E-state index in [0.29, 0.717) is 37.4 Å². The van der Waals surface area contributed by atoms with Crippen LogP contribution in [0.3, 0.4) is 0 Å². The van der Waals surface area contributed by atoms with E-state index in [4.69, 9.17) is 17.3 Å². The van der Waals surface area contributed by atoms with E-state index in [1.165, 1.54) is 42.2 Å². The van der Waals surface area contributed by atoms with Gasteiger partial charge in [0.05, 0.1) is 39.9 Å². The van der Waals surface area contributed by atoms with E-state index >= 15 is 0 Å². The van der Waals surface area contributed by atoms with Crippen LogP contribution in [-0.2, 0) is 18.0 Å². The number of aryl methyl sites for hydroxylation is 1. The van der Waals surface area contributed by atoms with Gasteiger partial charge >= 0.3 is 6.18 Å². The molecule has 4 aromatic rings. The number of amides is 3. The predicted octanol–water partition coefficient (Wildman–Crippen LogP) is 3.77. The molecule has 0 atom stereocenters. The molecule has 3 amide bonds. The fourth-order valence-electron chi connectivity index (χ4n) is 6.16. The summed E-state index contributed by atoms with van der Waals surface area (Å²) in [7, 11) is 1.41. The summed E-state index contributed by atoms with van der Waals surface area (Å²) in [5.41, 5.74) is 5.61. The van der Waals surface area contributed by atoms with Crippen LogP contribution in [0.5, 0.6) is 0 Å². The van der Waals surface area contributed by atoms with E-state index in [0.717, 1.165) is 36.8 Å². The SMILES string of the molecule is Cc1cc(N)cnc1-n1cc(-c2cnc(C(=O)Nc3ccc(C(=O)N4CCN(C(=O)C5CCNCC5)CC4)c(Cl)c3)n2C)c(C(F)(F)F)n1. The number of imidazole rings is 1. The highest BCUT2D eigenvalue weighted by Crippen LogP contribution is 2.37. The minimum Gasteiger partial charge on any atom is -0.397 e. The fourth-order valence-corrected chi connectivity index (χ4v) is 6.42. The number of hydrogen-bond donors (Lipinski definition) is 3. The van der Waals surface area contributed by atoms with E-state index in [2.05, 4.69) is 25.7 Å². The number of benzene rings is 1. The number of halogens is 4. The minimum atomic E-state index is -4.82. The number of alkyl halides is 3. The van der Waals surface area contributed by atoms with Gasteiger partial charge in [0.2, 0.25) is 5.91 Å². The number of nitrogens with two attached hydrogens (primary N) is 1. The van der Waals surface area contributed by atoms with E-state index in [9.17, 15) is 27.6 Å². The molecule has 2 aliphatic rings. The Bertz CT molecular complexity index is 1910. The average Bonchev–Trinajstić information content (AvgIpc) is 3.68. The molecule has 6 rings (SSSR count). The molecule has 17 heteroatoms. The Balaban J connectivity index is 1.14. The van der Waals surface area contributed by atoms with Crippen molar-refractivity contribution < 1.29 is 27.6 Å². The number of nitrogens with one attached hydrogen (secondary N) is 2. The summed E-state index contributed by atoms with van der Waals surface area (Å²) in [6.07, 6.45) is 0.455. The summed E-state index contributed by atoms with van der Waals surface area (Å²) in [4.78, 5) is 51.1. The minimum absolute atomic E-state index is 0.00616. The van der Waals surface area contributed by atoms with Crippen molar-refractivity contribution in [3.8, 4) is 17.1 Å². The smallest absolute Gasteiger partial charge is 0.397 e. The van der Waals surface area contributed by atoms with Crippen LogP contribution >= 0.6 is 11.6 Å². The predicted molar refractivity (Wildman–Crippen MR) is 175 cm³/mol. The van der Waals surface area contributed by atoms with Gasteiger partial charge in [-0.25, -0.2) is 14.6 Å². The number of piperidine rings is 1. The van der Waals surface area contributed by atoms with E-state index < -0.39 is 17.8 Å². The van der Waals surface area contributed by atoms with Crippen LogP contribution in [0, 0.1) is 12.8 Å². The number of nitrogens with zero attached hydrogens (tertiary/aromatic N) is 7. The van der Waals surface area contributed by atoms with E-state index in [-0.39, 0.29) is 56.9 Å². The Morgan fingerprint density at radius 2 is 1.71 bits per heavy atom. The second kappa shape index (κ2) is 13.5. The number of carbonyl (C=O) groups is 3. The van der Waals surface area contributed by atoms with Gasteiger partial charge in [-0.05, 0) is 62.7 Å². The molecule has 2 fully saturated rings. The lowest BCUT2D eigenvalue weighted by molar-refractivity contribution is -0.141. The highest BCUT2D eigenvalue weighted by molar-refractivity contribution is 6.34. The maximum atomic E-state index is 14.1. The maximum absolute atomic E-state index is 14.1. The van der Waals surface area contributed by atoms with Crippen LogP contribution in [0.4, 0.5) is 24.5 Å². The number of nitrogen functional groups attached to an aromatic ring is 1. The van der Waals surface area contributed by atoms with Gasteiger partial charge in [-0.2, -0.15) is 18.3 Å². The number of piperazine rings is 1. The van der Waals surface area contributed by atoms with E-state index in [1.54, 1.807) is 17.9 Å². The molecule has 1 aromatic carbocycles. The van der Waals surface area contributed by atoms with Crippen LogP contribution in [-0.4, -0.2) is 91.1 Å². The first-order chi connectivity index (χ1) is 23.3. The van der Waals surface area contributed by atoms with E-state index in [1.807, 2.05) is 4.90 Å². The quantitative estimate of drug-likeness (QED) is 0.275. The highest BCUT2D eigenvalue weighted by Gasteiger charge is 2.39. The van der Waals surface area contributed by atoms with Gasteiger partial charge in [-0.3, -0.25) is 14.4 Å². The summed E-state index contributed by atoms with van der Waals surface area (Å²) >= 11 is 6.48. The molecule has 2 saturated heterocycles. The Labute approximate surface area is 284 Å². The molecule has 13 nitrogen and oxygen atoms in total. The van der Waals surface area contributed by atoms with Gasteiger partial charge < -0.3 is 30.7 Å². The van der Waals surface area contributed by atoms with Gasteiger partial charge in [-0.15, -0.1) is 0 Å².